The van der Waals surface area contributed by atoms with Gasteiger partial charge >= 0.3 is 17.9 Å². The lowest BCUT2D eigenvalue weighted by Gasteiger charge is -2.17. The Bertz CT molecular complexity index is 890. The summed E-state index contributed by atoms with van der Waals surface area (Å²) >= 11 is 0. The molecule has 0 aliphatic heterocycles. The van der Waals surface area contributed by atoms with Gasteiger partial charge in [-0.2, -0.15) is 18.0 Å². The molecule has 0 spiro atoms. The summed E-state index contributed by atoms with van der Waals surface area (Å²) in [6.45, 7) is 0. The van der Waals surface area contributed by atoms with Gasteiger partial charge in [-0.15, -0.1) is 0 Å². The molecule has 1 saturated carbocycles. The number of ether oxygens (including phenoxy) is 1. The van der Waals surface area contributed by atoms with Crippen molar-refractivity contribution in [2.45, 2.75) is 44.0 Å². The lowest BCUT2D eigenvalue weighted by molar-refractivity contribution is -0.145. The minimum absolute atomic E-state index is 0.104. The topological polar surface area (TPSA) is 101 Å². The van der Waals surface area contributed by atoms with Crippen LogP contribution in [-0.4, -0.2) is 32.5 Å². The van der Waals surface area contributed by atoms with Crippen LogP contribution < -0.4 is 5.32 Å². The lowest BCUT2D eigenvalue weighted by Crippen LogP contribution is -2.33. The Morgan fingerprint density at radius 3 is 2.34 bits per heavy atom. The molecule has 0 bridgehead atoms. The number of nitrogens with one attached hydrogen (secondary N) is 1. The first kappa shape index (κ1) is 20.5. The Balaban J connectivity index is 1.91. The van der Waals surface area contributed by atoms with Gasteiger partial charge in [0.15, 0.2) is 6.04 Å². The van der Waals surface area contributed by atoms with Gasteiger partial charge in [-0.05, 0) is 49.4 Å². The van der Waals surface area contributed by atoms with Crippen LogP contribution in [0, 0.1) is 0 Å². The molecule has 2 aromatic rings. The van der Waals surface area contributed by atoms with Crippen molar-refractivity contribution in [3.05, 3.63) is 59.4 Å². The number of hydrogen-bond donors (Lipinski definition) is 1. The molecule has 152 valence electrons. The summed E-state index contributed by atoms with van der Waals surface area (Å²) in [5.41, 5.74) is 8.50. The fraction of sp³-hybridized carbons (Fsp3) is 0.368. The average Bonchev–Trinajstić information content (AvgIpc) is 3.21. The van der Waals surface area contributed by atoms with Crippen LogP contribution in [0.5, 0.6) is 0 Å². The third-order valence-electron chi connectivity index (χ3n) is 4.58. The number of hydrogen-bond acceptors (Lipinski definition) is 5. The Morgan fingerprint density at radius 2 is 1.79 bits per heavy atom. The average molecular weight is 405 g/mol. The number of benzene rings is 1. The highest BCUT2D eigenvalue weighted by Gasteiger charge is 2.37. The molecule has 7 nitrogen and oxygen atoms in total. The Labute approximate surface area is 164 Å². The second-order valence-electron chi connectivity index (χ2n) is 6.57. The predicted molar refractivity (Wildman–Crippen MR) is 96.8 cm³/mol. The highest BCUT2D eigenvalue weighted by Crippen LogP contribution is 2.31. The van der Waals surface area contributed by atoms with E-state index in [1.807, 2.05) is 0 Å². The van der Waals surface area contributed by atoms with E-state index in [1.54, 1.807) is 6.07 Å². The number of nitrogens with zero attached hydrogens (tertiary/aromatic N) is 4. The van der Waals surface area contributed by atoms with Crippen molar-refractivity contribution in [2.24, 2.45) is 0 Å². The van der Waals surface area contributed by atoms with Gasteiger partial charge in [0, 0.05) is 12.4 Å². The Kier molecular flexibility index (Phi) is 6.23. The van der Waals surface area contributed by atoms with Gasteiger partial charge in [0.1, 0.15) is 6.10 Å². The van der Waals surface area contributed by atoms with Crippen LogP contribution in [0.3, 0.4) is 0 Å². The maximum Gasteiger partial charge on any atom is 0.419 e. The van der Waals surface area contributed by atoms with E-state index >= 15 is 0 Å². The van der Waals surface area contributed by atoms with Crippen molar-refractivity contribution in [1.82, 2.24) is 9.97 Å². The molecule has 1 heterocycles. The minimum atomic E-state index is -4.50. The van der Waals surface area contributed by atoms with Crippen LogP contribution in [0.4, 0.5) is 19.1 Å². The number of carbonyl (C=O) groups excluding carboxylic acids is 1. The fourth-order valence-corrected chi connectivity index (χ4v) is 3.11. The number of esters is 1. The molecular weight excluding hydrogens is 387 g/mol. The molecule has 1 atom stereocenters. The zero-order chi connectivity index (χ0) is 20.9. The first-order valence-corrected chi connectivity index (χ1v) is 9.02. The number of halogens is 3. The van der Waals surface area contributed by atoms with Gasteiger partial charge in [-0.1, -0.05) is 12.1 Å². The van der Waals surface area contributed by atoms with Crippen LogP contribution in [-0.2, 0) is 15.7 Å². The SMILES string of the molecule is [N-]=[N+]=C(C(=O)OC1CCCC1)C(Nc1ncccn1)c1ccc(C(F)(F)F)cc1. The van der Waals surface area contributed by atoms with Crippen molar-refractivity contribution < 1.29 is 27.5 Å². The molecule has 3 rings (SSSR count). The summed E-state index contributed by atoms with van der Waals surface area (Å²) < 4.78 is 44.0. The molecular formula is C19H18F3N5O2. The third kappa shape index (κ3) is 5.17. The van der Waals surface area contributed by atoms with Crippen molar-refractivity contribution in [1.29, 1.82) is 0 Å². The van der Waals surface area contributed by atoms with Crippen molar-refractivity contribution in [3.63, 3.8) is 0 Å². The highest BCUT2D eigenvalue weighted by atomic mass is 19.4. The zero-order valence-corrected chi connectivity index (χ0v) is 15.3. The summed E-state index contributed by atoms with van der Waals surface area (Å²) in [4.78, 5) is 23.6. The summed E-state index contributed by atoms with van der Waals surface area (Å²) in [5, 5.41) is 2.82. The Morgan fingerprint density at radius 1 is 1.17 bits per heavy atom. The predicted octanol–water partition coefficient (Wildman–Crippen LogP) is 3.81. The molecule has 29 heavy (non-hydrogen) atoms. The van der Waals surface area contributed by atoms with E-state index in [0.29, 0.717) is 12.8 Å². The molecule has 0 radical (unpaired) electrons. The number of alkyl halides is 3. The molecule has 1 aliphatic carbocycles. The number of carbonyl (C=O) groups is 1. The van der Waals surface area contributed by atoms with Gasteiger partial charge in [-0.3, -0.25) is 0 Å². The smallest absolute Gasteiger partial charge is 0.419 e. The number of rotatable bonds is 6. The van der Waals surface area contributed by atoms with Crippen LogP contribution in [0.25, 0.3) is 5.53 Å². The monoisotopic (exact) mass is 405 g/mol. The van der Waals surface area contributed by atoms with E-state index in [0.717, 1.165) is 25.0 Å². The van der Waals surface area contributed by atoms with E-state index in [-0.39, 0.29) is 17.6 Å². The van der Waals surface area contributed by atoms with Gasteiger partial charge < -0.3 is 15.6 Å². The minimum Gasteiger partial charge on any atom is -0.454 e. The molecule has 0 amide bonds. The molecule has 1 fully saturated rings. The van der Waals surface area contributed by atoms with Gasteiger partial charge in [0.05, 0.1) is 5.56 Å². The maximum absolute atomic E-state index is 12.9. The van der Waals surface area contributed by atoms with Crippen molar-refractivity contribution >= 4 is 17.6 Å². The van der Waals surface area contributed by atoms with Gasteiger partial charge in [0.25, 0.3) is 0 Å². The van der Waals surface area contributed by atoms with Crippen LogP contribution in [0.15, 0.2) is 42.7 Å². The first-order chi connectivity index (χ1) is 13.9. The number of anilines is 1. The Hall–Kier alpha value is -3.26. The van der Waals surface area contributed by atoms with Gasteiger partial charge in [0.2, 0.25) is 5.95 Å². The van der Waals surface area contributed by atoms with Crippen molar-refractivity contribution in [2.75, 3.05) is 5.32 Å². The standard InChI is InChI=1S/C19H18F3N5O2/c20-19(21,22)13-8-6-12(7-9-13)15(26-18-24-10-3-11-25-18)16(27-23)17(28)29-14-4-1-2-5-14/h3,6-11,14-15H,1-2,4-5H2,(H,24,25,26). The normalized spacial score (nSPS) is 15.4. The molecule has 1 aromatic heterocycles. The third-order valence-corrected chi connectivity index (χ3v) is 4.58. The molecule has 1 N–H and O–H groups in total. The van der Waals surface area contributed by atoms with E-state index in [1.165, 1.54) is 24.5 Å². The van der Waals surface area contributed by atoms with Crippen molar-refractivity contribution in [3.8, 4) is 0 Å². The summed E-state index contributed by atoms with van der Waals surface area (Å²) in [7, 11) is 0. The molecule has 10 heteroatoms. The second-order valence-corrected chi connectivity index (χ2v) is 6.57. The van der Waals surface area contributed by atoms with E-state index in [9.17, 15) is 23.5 Å². The van der Waals surface area contributed by atoms with Crippen LogP contribution in [0.1, 0.15) is 42.9 Å². The molecule has 1 aromatic carbocycles. The van der Waals surface area contributed by atoms with E-state index < -0.39 is 29.5 Å². The van der Waals surface area contributed by atoms with Crippen LogP contribution in [0.2, 0.25) is 0 Å². The fourth-order valence-electron chi connectivity index (χ4n) is 3.11. The lowest BCUT2D eigenvalue weighted by atomic mass is 10.0. The molecule has 0 saturated heterocycles. The van der Waals surface area contributed by atoms with E-state index in [4.69, 9.17) is 4.74 Å². The quantitative estimate of drug-likeness (QED) is 0.341. The molecule has 1 aliphatic rings. The van der Waals surface area contributed by atoms with Gasteiger partial charge in [-0.25, -0.2) is 14.8 Å². The zero-order valence-electron chi connectivity index (χ0n) is 15.3. The maximum atomic E-state index is 12.9. The molecule has 1 unspecified atom stereocenters. The largest absolute Gasteiger partial charge is 0.454 e. The summed E-state index contributed by atoms with van der Waals surface area (Å²) in [6, 6.07) is 4.61. The van der Waals surface area contributed by atoms with E-state index in [2.05, 4.69) is 20.1 Å². The second kappa shape index (κ2) is 8.83. The first-order valence-electron chi connectivity index (χ1n) is 9.02. The van der Waals surface area contributed by atoms with Crippen LogP contribution >= 0.6 is 0 Å². The number of aromatic nitrogens is 2. The summed E-state index contributed by atoms with van der Waals surface area (Å²) in [6.07, 6.45) is 1.41. The highest BCUT2D eigenvalue weighted by molar-refractivity contribution is 6.36. The summed E-state index contributed by atoms with van der Waals surface area (Å²) in [5.74, 6) is -0.750.